The molecule has 0 saturated carbocycles. The molecule has 1 aromatic carbocycles. The van der Waals surface area contributed by atoms with Gasteiger partial charge in [-0.15, -0.1) is 0 Å². The average molecular weight is 562 g/mol. The fourth-order valence-corrected chi connectivity index (χ4v) is 20.9. The van der Waals surface area contributed by atoms with Crippen molar-refractivity contribution in [3.05, 3.63) is 40.1 Å². The van der Waals surface area contributed by atoms with Crippen LogP contribution in [0.25, 0.3) is 3.59 Å². The van der Waals surface area contributed by atoms with Gasteiger partial charge >= 0.3 is 184 Å². The van der Waals surface area contributed by atoms with Gasteiger partial charge in [-0.3, -0.25) is 0 Å². The van der Waals surface area contributed by atoms with Gasteiger partial charge in [-0.25, -0.2) is 0 Å². The molecule has 0 aliphatic heterocycles. The van der Waals surface area contributed by atoms with E-state index in [4.69, 9.17) is 4.74 Å². The summed E-state index contributed by atoms with van der Waals surface area (Å²) < 4.78 is 24.6. The van der Waals surface area contributed by atoms with Gasteiger partial charge < -0.3 is 0 Å². The minimum atomic E-state index is -2.89. The van der Waals surface area contributed by atoms with E-state index in [1.54, 1.807) is 6.08 Å². The number of rotatable bonds is 13. The Bertz CT molecular complexity index is 624. The van der Waals surface area contributed by atoms with Gasteiger partial charge in [0.05, 0.1) is 0 Å². The standard InChI is InChI=1S/C11H9BrFO2.3C4H9.Sn/c1-2-15-11(14)6-4-8-3-5-10(13)9(12)7-8;3*1-3-4-2;/h3,5-7H,2H2,1H3;3*1,3-4H2,2H3;. The third-order valence-electron chi connectivity index (χ3n) is 5.38. The number of carbonyl (C=O) groups excluding carboxylic acids is 1. The molecule has 0 aromatic heterocycles. The maximum absolute atomic E-state index is 13.9. The molecule has 0 aliphatic rings. The summed E-state index contributed by atoms with van der Waals surface area (Å²) >= 11 is 0.449. The van der Waals surface area contributed by atoms with Crippen LogP contribution in [0.3, 0.4) is 0 Å². The summed E-state index contributed by atoms with van der Waals surface area (Å²) in [5, 5.41) is 0. The van der Waals surface area contributed by atoms with Gasteiger partial charge in [-0.2, -0.15) is 0 Å². The van der Waals surface area contributed by atoms with Gasteiger partial charge in [0.2, 0.25) is 0 Å². The van der Waals surface area contributed by atoms with Gasteiger partial charge in [0.1, 0.15) is 0 Å². The number of halogens is 2. The van der Waals surface area contributed by atoms with Crippen molar-refractivity contribution in [3.8, 4) is 0 Å². The fraction of sp³-hybridized carbons (Fsp3) is 0.609. The van der Waals surface area contributed by atoms with Crippen molar-refractivity contribution < 1.29 is 13.9 Å². The van der Waals surface area contributed by atoms with Crippen molar-refractivity contribution >= 4 is 43.9 Å². The molecule has 158 valence electrons. The first kappa shape index (κ1) is 25.7. The molecule has 0 atom stereocenters. The van der Waals surface area contributed by atoms with Gasteiger partial charge in [-0.1, -0.05) is 0 Å². The Labute approximate surface area is 183 Å². The topological polar surface area (TPSA) is 26.3 Å². The van der Waals surface area contributed by atoms with Crippen LogP contribution in [-0.4, -0.2) is 31.0 Å². The molecule has 0 heterocycles. The van der Waals surface area contributed by atoms with E-state index >= 15 is 0 Å². The zero-order chi connectivity index (χ0) is 21.0. The molecular weight excluding hydrogens is 526 g/mol. The first-order valence-electron chi connectivity index (χ1n) is 10.8. The number of hydrogen-bond acceptors (Lipinski definition) is 2. The van der Waals surface area contributed by atoms with Crippen LogP contribution >= 0.6 is 15.9 Å². The first-order valence-corrected chi connectivity index (χ1v) is 19.1. The molecule has 0 N–H and O–H groups in total. The molecule has 0 spiro atoms. The van der Waals surface area contributed by atoms with Crippen LogP contribution in [0.15, 0.2) is 28.7 Å². The third-order valence-corrected chi connectivity index (χ3v) is 21.7. The van der Waals surface area contributed by atoms with Crippen LogP contribution in [0.1, 0.15) is 71.8 Å². The molecule has 1 rings (SSSR count). The molecule has 0 aliphatic carbocycles. The molecule has 0 fully saturated rings. The molecular formula is C23H36BrFO2Sn. The minimum absolute atomic E-state index is 0.261. The van der Waals surface area contributed by atoms with E-state index in [1.807, 2.05) is 19.1 Å². The molecule has 0 radical (unpaired) electrons. The van der Waals surface area contributed by atoms with Crippen LogP contribution < -0.4 is 0 Å². The summed E-state index contributed by atoms with van der Waals surface area (Å²) in [7, 11) is 0. The molecule has 1 aromatic rings. The molecule has 5 heteroatoms. The van der Waals surface area contributed by atoms with Crippen molar-refractivity contribution in [2.75, 3.05) is 6.61 Å². The molecule has 0 saturated heterocycles. The maximum atomic E-state index is 13.9. The third kappa shape index (κ3) is 7.81. The van der Waals surface area contributed by atoms with E-state index in [-0.39, 0.29) is 11.8 Å². The van der Waals surface area contributed by atoms with Crippen LogP contribution in [0, 0.1) is 5.82 Å². The van der Waals surface area contributed by atoms with Crippen LogP contribution in [0.4, 0.5) is 4.39 Å². The number of hydrogen-bond donors (Lipinski definition) is 0. The van der Waals surface area contributed by atoms with E-state index in [0.29, 0.717) is 11.1 Å². The Hall–Kier alpha value is -0.361. The van der Waals surface area contributed by atoms with E-state index < -0.39 is 18.4 Å². The zero-order valence-electron chi connectivity index (χ0n) is 18.0. The van der Waals surface area contributed by atoms with E-state index in [0.717, 1.165) is 24.8 Å². The Morgan fingerprint density at radius 3 is 2.00 bits per heavy atom. The fourth-order valence-electron chi connectivity index (χ4n) is 3.83. The van der Waals surface area contributed by atoms with E-state index in [1.165, 1.54) is 42.2 Å². The van der Waals surface area contributed by atoms with Gasteiger partial charge in [0.15, 0.2) is 0 Å². The van der Waals surface area contributed by atoms with E-state index in [9.17, 15) is 9.18 Å². The van der Waals surface area contributed by atoms with Crippen molar-refractivity contribution in [2.24, 2.45) is 0 Å². The molecule has 2 nitrogen and oxygen atoms in total. The van der Waals surface area contributed by atoms with Crippen LogP contribution in [-0.2, 0) is 9.53 Å². The van der Waals surface area contributed by atoms with Crippen molar-refractivity contribution in [2.45, 2.75) is 79.5 Å². The summed E-state index contributed by atoms with van der Waals surface area (Å²) in [5.74, 6) is -0.528. The SMILES string of the molecule is CCC[CH2][Sn]([CH2]CCC)([CH2]CCC)/[C](=C\C(=O)OCC)c1ccc(F)c(Br)c1. The predicted molar refractivity (Wildman–Crippen MR) is 124 cm³/mol. The second-order valence-electron chi connectivity index (χ2n) is 7.53. The Balaban J connectivity index is 3.56. The Morgan fingerprint density at radius 1 is 1.04 bits per heavy atom. The quantitative estimate of drug-likeness (QED) is 0.139. The summed E-state index contributed by atoms with van der Waals surface area (Å²) in [6.45, 7) is 8.91. The number of ether oxygens (including phenoxy) is 1. The Morgan fingerprint density at radius 2 is 1.57 bits per heavy atom. The first-order chi connectivity index (χ1) is 13.4. The monoisotopic (exact) mass is 562 g/mol. The summed E-state index contributed by atoms with van der Waals surface area (Å²) in [6.07, 6.45) is 8.86. The zero-order valence-corrected chi connectivity index (χ0v) is 22.4. The number of unbranched alkanes of at least 4 members (excludes halogenated alkanes) is 3. The number of esters is 1. The molecule has 0 bridgehead atoms. The molecule has 0 unspecified atom stereocenters. The normalized spacial score (nSPS) is 12.3. The molecule has 0 amide bonds. The van der Waals surface area contributed by atoms with Crippen LogP contribution in [0.2, 0.25) is 13.3 Å². The summed E-state index contributed by atoms with van der Waals surface area (Å²) in [4.78, 5) is 12.5. The second-order valence-corrected chi connectivity index (χ2v) is 21.5. The van der Waals surface area contributed by atoms with Crippen LogP contribution in [0.5, 0.6) is 0 Å². The van der Waals surface area contributed by atoms with Gasteiger partial charge in [-0.05, 0) is 0 Å². The van der Waals surface area contributed by atoms with E-state index in [2.05, 4.69) is 36.7 Å². The van der Waals surface area contributed by atoms with Gasteiger partial charge in [0.25, 0.3) is 0 Å². The summed E-state index contributed by atoms with van der Waals surface area (Å²) in [5.41, 5.74) is 1.00. The van der Waals surface area contributed by atoms with Crippen molar-refractivity contribution in [1.29, 1.82) is 0 Å². The average Bonchev–Trinajstić information content (AvgIpc) is 2.68. The number of carbonyl (C=O) groups is 1. The summed E-state index contributed by atoms with van der Waals surface area (Å²) in [6, 6.07) is 5.21. The van der Waals surface area contributed by atoms with Crippen molar-refractivity contribution in [3.63, 3.8) is 0 Å². The van der Waals surface area contributed by atoms with Crippen molar-refractivity contribution in [1.82, 2.24) is 0 Å². The predicted octanol–water partition coefficient (Wildman–Crippen LogP) is 7.92. The Kier molecular flexibility index (Phi) is 12.6. The second kappa shape index (κ2) is 13.8. The number of benzene rings is 1. The molecule has 28 heavy (non-hydrogen) atoms. The van der Waals surface area contributed by atoms with Gasteiger partial charge in [0, 0.05) is 0 Å².